The summed E-state index contributed by atoms with van der Waals surface area (Å²) >= 11 is 1.39. The van der Waals surface area contributed by atoms with Crippen molar-refractivity contribution in [1.29, 1.82) is 0 Å². The fourth-order valence-electron chi connectivity index (χ4n) is 5.26. The van der Waals surface area contributed by atoms with Crippen molar-refractivity contribution < 1.29 is 18.7 Å². The molecule has 1 amide bonds. The molecule has 4 aromatic heterocycles. The lowest BCUT2D eigenvalue weighted by Crippen LogP contribution is -2.44. The molecule has 0 aliphatic carbocycles. The van der Waals surface area contributed by atoms with Crippen molar-refractivity contribution in [2.45, 2.75) is 45.8 Å². The highest BCUT2D eigenvalue weighted by molar-refractivity contribution is 7.15. The van der Waals surface area contributed by atoms with Gasteiger partial charge >= 0.3 is 6.09 Å². The number of nitrogens with two attached hydrogens (primary N) is 1. The smallest absolute Gasteiger partial charge is 0.408 e. The van der Waals surface area contributed by atoms with Crippen LogP contribution in [0.25, 0.3) is 43.7 Å². The topological polar surface area (TPSA) is 140 Å². The first-order chi connectivity index (χ1) is 20.9. The molecule has 6 aromatic rings. The van der Waals surface area contributed by atoms with Crippen LogP contribution in [0, 0.1) is 5.82 Å². The molecule has 0 saturated heterocycles. The van der Waals surface area contributed by atoms with Gasteiger partial charge < -0.3 is 15.3 Å². The summed E-state index contributed by atoms with van der Waals surface area (Å²) in [4.78, 5) is 37.4. The summed E-state index contributed by atoms with van der Waals surface area (Å²) in [6, 6.07) is 15.8. The van der Waals surface area contributed by atoms with E-state index in [0.29, 0.717) is 33.3 Å². The van der Waals surface area contributed by atoms with Crippen LogP contribution in [0.4, 0.5) is 15.0 Å². The van der Waals surface area contributed by atoms with Crippen LogP contribution in [0.5, 0.6) is 0 Å². The zero-order chi connectivity index (χ0) is 31.3. The summed E-state index contributed by atoms with van der Waals surface area (Å²) in [5.41, 5.74) is 7.38. The number of fused-ring (bicyclic) bond motifs is 2. The third-order valence-corrected chi connectivity index (χ3v) is 8.53. The Morgan fingerprint density at radius 3 is 2.64 bits per heavy atom. The standard InChI is InChI=1S/C32H29FN6O4S/c1-17(28-24(18-8-7-9-19(33)14-18)27(40)21-10-5-6-11-22(21)43-28)39-30-25(29(34)35-16-36-30)26(37-39)23-13-12-20(44-23)15-38(31(41)42)32(2,3)4/h5-14,16-17H,15H2,1-4H3,(H,41,42)(H2,34,35,36). The van der Waals surface area contributed by atoms with Gasteiger partial charge in [0.1, 0.15) is 41.0 Å². The monoisotopic (exact) mass is 612 g/mol. The van der Waals surface area contributed by atoms with E-state index in [2.05, 4.69) is 9.97 Å². The first-order valence-electron chi connectivity index (χ1n) is 13.8. The number of carbonyl (C=O) groups is 1. The zero-order valence-corrected chi connectivity index (χ0v) is 25.2. The second kappa shape index (κ2) is 10.9. The minimum atomic E-state index is -1.01. The molecule has 224 valence electrons. The van der Waals surface area contributed by atoms with Crippen LogP contribution in [0.15, 0.2) is 76.2 Å². The molecule has 0 saturated carbocycles. The number of hydrogen-bond acceptors (Lipinski definition) is 8. The molecule has 10 nitrogen and oxygen atoms in total. The van der Waals surface area contributed by atoms with Crippen molar-refractivity contribution in [2.24, 2.45) is 0 Å². The first kappa shape index (κ1) is 29.0. The minimum Gasteiger partial charge on any atom is -0.465 e. The van der Waals surface area contributed by atoms with Crippen molar-refractivity contribution in [3.8, 4) is 21.7 Å². The van der Waals surface area contributed by atoms with Gasteiger partial charge in [-0.05, 0) is 69.7 Å². The molecule has 0 radical (unpaired) electrons. The van der Waals surface area contributed by atoms with E-state index in [-0.39, 0.29) is 29.1 Å². The summed E-state index contributed by atoms with van der Waals surface area (Å²) < 4.78 is 22.4. The van der Waals surface area contributed by atoms with Crippen molar-refractivity contribution in [3.63, 3.8) is 0 Å². The molecule has 0 aliphatic heterocycles. The molecule has 2 aromatic carbocycles. The predicted molar refractivity (Wildman–Crippen MR) is 168 cm³/mol. The van der Waals surface area contributed by atoms with Gasteiger partial charge in [0.25, 0.3) is 0 Å². The molecule has 3 N–H and O–H groups in total. The van der Waals surface area contributed by atoms with Gasteiger partial charge in [-0.25, -0.2) is 23.8 Å². The van der Waals surface area contributed by atoms with Gasteiger partial charge in [-0.1, -0.05) is 24.3 Å². The SMILES string of the molecule is CC(c1oc2ccccc2c(=O)c1-c1cccc(F)c1)n1nc(-c2ccc(CN(C(=O)O)C(C)(C)C)s2)c2c(N)ncnc21. The normalized spacial score (nSPS) is 12.6. The lowest BCUT2D eigenvalue weighted by Gasteiger charge is -2.32. The van der Waals surface area contributed by atoms with E-state index in [1.807, 2.05) is 39.8 Å². The quantitative estimate of drug-likeness (QED) is 0.206. The van der Waals surface area contributed by atoms with Crippen LogP contribution in [0.2, 0.25) is 0 Å². The average Bonchev–Trinajstić information content (AvgIpc) is 3.60. The van der Waals surface area contributed by atoms with Crippen molar-refractivity contribution in [2.75, 3.05) is 5.73 Å². The number of thiophene rings is 1. The fourth-order valence-corrected chi connectivity index (χ4v) is 6.25. The van der Waals surface area contributed by atoms with Gasteiger partial charge in [-0.2, -0.15) is 5.10 Å². The molecule has 0 aliphatic rings. The molecule has 0 spiro atoms. The van der Waals surface area contributed by atoms with Crippen molar-refractivity contribution in [3.05, 3.63) is 93.7 Å². The van der Waals surface area contributed by atoms with Crippen LogP contribution in [0.1, 0.15) is 44.4 Å². The molecular formula is C32H29FN6O4S. The molecule has 6 rings (SSSR count). The Balaban J connectivity index is 1.52. The molecule has 4 heterocycles. The summed E-state index contributed by atoms with van der Waals surface area (Å²) in [6.07, 6.45) is 0.323. The van der Waals surface area contributed by atoms with E-state index in [1.165, 1.54) is 34.7 Å². The summed E-state index contributed by atoms with van der Waals surface area (Å²) in [7, 11) is 0. The number of anilines is 1. The number of rotatable bonds is 6. The van der Waals surface area contributed by atoms with E-state index in [9.17, 15) is 19.1 Å². The Morgan fingerprint density at radius 2 is 1.91 bits per heavy atom. The summed E-state index contributed by atoms with van der Waals surface area (Å²) in [5, 5.41) is 15.6. The van der Waals surface area contributed by atoms with Crippen LogP contribution < -0.4 is 11.2 Å². The zero-order valence-electron chi connectivity index (χ0n) is 24.4. The highest BCUT2D eigenvalue weighted by Crippen LogP contribution is 2.39. The maximum atomic E-state index is 14.4. The van der Waals surface area contributed by atoms with Gasteiger partial charge in [-0.15, -0.1) is 11.3 Å². The van der Waals surface area contributed by atoms with Crippen LogP contribution in [-0.2, 0) is 6.54 Å². The van der Waals surface area contributed by atoms with Crippen LogP contribution >= 0.6 is 11.3 Å². The lowest BCUT2D eigenvalue weighted by atomic mass is 9.99. The molecule has 1 atom stereocenters. The molecule has 12 heteroatoms. The largest absolute Gasteiger partial charge is 0.465 e. The fraction of sp³-hybridized carbons (Fsp3) is 0.219. The number of para-hydroxylation sites is 1. The first-order valence-corrected chi connectivity index (χ1v) is 14.7. The van der Waals surface area contributed by atoms with Gasteiger partial charge in [0, 0.05) is 10.4 Å². The van der Waals surface area contributed by atoms with E-state index >= 15 is 0 Å². The number of nitrogen functional groups attached to an aromatic ring is 1. The second-order valence-electron chi connectivity index (χ2n) is 11.4. The average molecular weight is 613 g/mol. The van der Waals surface area contributed by atoms with Crippen molar-refractivity contribution >= 4 is 45.3 Å². The van der Waals surface area contributed by atoms with E-state index in [0.717, 1.165) is 9.75 Å². The Hall–Kier alpha value is -5.10. The maximum Gasteiger partial charge on any atom is 0.408 e. The number of hydrogen-bond donors (Lipinski definition) is 2. The Morgan fingerprint density at radius 1 is 1.14 bits per heavy atom. The molecule has 0 bridgehead atoms. The highest BCUT2D eigenvalue weighted by atomic mass is 32.1. The molecular weight excluding hydrogens is 583 g/mol. The van der Waals surface area contributed by atoms with Gasteiger partial charge in [0.05, 0.1) is 27.8 Å². The number of nitrogens with zero attached hydrogens (tertiary/aromatic N) is 5. The molecule has 1 unspecified atom stereocenters. The summed E-state index contributed by atoms with van der Waals surface area (Å²) in [6.45, 7) is 7.54. The lowest BCUT2D eigenvalue weighted by molar-refractivity contribution is 0.0962. The van der Waals surface area contributed by atoms with Crippen LogP contribution in [-0.4, -0.2) is 41.4 Å². The number of benzene rings is 2. The van der Waals surface area contributed by atoms with Gasteiger partial charge in [0.2, 0.25) is 5.43 Å². The molecule has 0 fully saturated rings. The van der Waals surface area contributed by atoms with E-state index in [1.54, 1.807) is 41.1 Å². The third-order valence-electron chi connectivity index (χ3n) is 7.45. The Kier molecular flexibility index (Phi) is 7.16. The Labute approximate surface area is 255 Å². The predicted octanol–water partition coefficient (Wildman–Crippen LogP) is 6.94. The second-order valence-corrected chi connectivity index (χ2v) is 12.6. The number of carboxylic acid groups (broad SMARTS) is 1. The van der Waals surface area contributed by atoms with E-state index < -0.39 is 23.5 Å². The van der Waals surface area contributed by atoms with Crippen LogP contribution in [0.3, 0.4) is 0 Å². The van der Waals surface area contributed by atoms with Crippen molar-refractivity contribution in [1.82, 2.24) is 24.6 Å². The number of aromatic nitrogens is 4. The molecule has 44 heavy (non-hydrogen) atoms. The Bertz CT molecular complexity index is 2110. The minimum absolute atomic E-state index is 0.198. The van der Waals surface area contributed by atoms with Gasteiger partial charge in [-0.3, -0.25) is 9.69 Å². The van der Waals surface area contributed by atoms with E-state index in [4.69, 9.17) is 15.2 Å². The third kappa shape index (κ3) is 5.06. The van der Waals surface area contributed by atoms with Gasteiger partial charge in [0.15, 0.2) is 5.65 Å². The number of halogens is 1. The highest BCUT2D eigenvalue weighted by Gasteiger charge is 2.29. The summed E-state index contributed by atoms with van der Waals surface area (Å²) in [5.74, 6) is 0.00887. The number of amides is 1. The maximum absolute atomic E-state index is 14.4.